The van der Waals surface area contributed by atoms with Gasteiger partial charge < -0.3 is 15.6 Å². The molecule has 0 aliphatic rings. The number of nitrogens with zero attached hydrogens (tertiary/aromatic N) is 3. The van der Waals surface area contributed by atoms with Crippen molar-refractivity contribution in [3.63, 3.8) is 0 Å². The average molecular weight is 294 g/mol. The van der Waals surface area contributed by atoms with Crippen LogP contribution in [0.25, 0.3) is 0 Å². The van der Waals surface area contributed by atoms with E-state index < -0.39 is 0 Å². The predicted molar refractivity (Wildman–Crippen MR) is 89.4 cm³/mol. The maximum atomic E-state index is 5.49. The van der Waals surface area contributed by atoms with Gasteiger partial charge in [-0.05, 0) is 20.4 Å². The van der Waals surface area contributed by atoms with E-state index in [0.717, 1.165) is 31.2 Å². The molecule has 1 aromatic heterocycles. The molecule has 6 nitrogen and oxygen atoms in total. The molecule has 0 spiro atoms. The Morgan fingerprint density at radius 2 is 1.90 bits per heavy atom. The van der Waals surface area contributed by atoms with Gasteiger partial charge in [0.15, 0.2) is 0 Å². The van der Waals surface area contributed by atoms with Gasteiger partial charge in [0.25, 0.3) is 0 Å². The zero-order valence-electron chi connectivity index (χ0n) is 14.2. The second-order valence-corrected chi connectivity index (χ2v) is 6.52. The van der Waals surface area contributed by atoms with Gasteiger partial charge in [-0.25, -0.2) is 15.8 Å². The van der Waals surface area contributed by atoms with Gasteiger partial charge in [-0.1, -0.05) is 27.7 Å². The number of aromatic nitrogens is 2. The lowest BCUT2D eigenvalue weighted by Crippen LogP contribution is -2.33. The summed E-state index contributed by atoms with van der Waals surface area (Å²) in [5, 5.41) is 3.35. The van der Waals surface area contributed by atoms with E-state index in [1.165, 1.54) is 0 Å². The Balaban J connectivity index is 2.71. The Labute approximate surface area is 128 Å². The van der Waals surface area contributed by atoms with Gasteiger partial charge >= 0.3 is 0 Å². The van der Waals surface area contributed by atoms with Crippen molar-refractivity contribution in [1.82, 2.24) is 14.9 Å². The molecule has 120 valence electrons. The monoisotopic (exact) mass is 294 g/mol. The summed E-state index contributed by atoms with van der Waals surface area (Å²) in [5.41, 5.74) is 2.49. The van der Waals surface area contributed by atoms with E-state index in [1.54, 1.807) is 0 Å². The van der Waals surface area contributed by atoms with Gasteiger partial charge in [0.2, 0.25) is 0 Å². The van der Waals surface area contributed by atoms with Crippen LogP contribution in [0.2, 0.25) is 0 Å². The van der Waals surface area contributed by atoms with Crippen molar-refractivity contribution < 1.29 is 0 Å². The zero-order chi connectivity index (χ0) is 16.0. The van der Waals surface area contributed by atoms with Gasteiger partial charge in [0, 0.05) is 30.6 Å². The SMILES string of the molecule is CCC(C)N(C)CCNc1cc(NN)nc(C(C)(C)C)n1. The quantitative estimate of drug-likeness (QED) is 0.528. The first-order chi connectivity index (χ1) is 9.77. The van der Waals surface area contributed by atoms with E-state index in [0.29, 0.717) is 11.9 Å². The first-order valence-electron chi connectivity index (χ1n) is 7.58. The van der Waals surface area contributed by atoms with Crippen LogP contribution in [0, 0.1) is 0 Å². The molecule has 1 unspecified atom stereocenters. The van der Waals surface area contributed by atoms with Gasteiger partial charge in [-0.3, -0.25) is 0 Å². The average Bonchev–Trinajstić information content (AvgIpc) is 2.44. The van der Waals surface area contributed by atoms with Gasteiger partial charge in [0.05, 0.1) is 0 Å². The fourth-order valence-electron chi connectivity index (χ4n) is 1.84. The standard InChI is InChI=1S/C15H30N6/c1-7-11(2)21(6)9-8-17-12-10-13(20-16)19-14(18-12)15(3,4)5/h10-11H,7-9,16H2,1-6H3,(H2,17,18,19,20). The summed E-state index contributed by atoms with van der Waals surface area (Å²) < 4.78 is 0. The maximum Gasteiger partial charge on any atom is 0.145 e. The number of anilines is 2. The summed E-state index contributed by atoms with van der Waals surface area (Å²) in [4.78, 5) is 11.3. The highest BCUT2D eigenvalue weighted by Gasteiger charge is 2.19. The van der Waals surface area contributed by atoms with Crippen LogP contribution in [0.1, 0.15) is 46.9 Å². The summed E-state index contributed by atoms with van der Waals surface area (Å²) in [6.07, 6.45) is 1.15. The number of rotatable bonds is 7. The second-order valence-electron chi connectivity index (χ2n) is 6.52. The molecule has 6 heteroatoms. The molecule has 4 N–H and O–H groups in total. The molecular weight excluding hydrogens is 264 g/mol. The van der Waals surface area contributed by atoms with Crippen LogP contribution in [0.4, 0.5) is 11.6 Å². The molecule has 0 saturated carbocycles. The molecule has 1 heterocycles. The smallest absolute Gasteiger partial charge is 0.145 e. The molecule has 1 atom stereocenters. The molecule has 0 radical (unpaired) electrons. The van der Waals surface area contributed by atoms with Gasteiger partial charge in [-0.2, -0.15) is 0 Å². The number of nitrogens with two attached hydrogens (primary N) is 1. The van der Waals surface area contributed by atoms with E-state index in [9.17, 15) is 0 Å². The third-order valence-corrected chi connectivity index (χ3v) is 3.66. The van der Waals surface area contributed by atoms with Gasteiger partial charge in [0.1, 0.15) is 17.5 Å². The topological polar surface area (TPSA) is 79.1 Å². The molecule has 1 aromatic rings. The van der Waals surface area contributed by atoms with E-state index in [4.69, 9.17) is 5.84 Å². The lowest BCUT2D eigenvalue weighted by atomic mass is 9.96. The molecule has 0 aromatic carbocycles. The largest absolute Gasteiger partial charge is 0.369 e. The number of hydrogen-bond donors (Lipinski definition) is 3. The summed E-state index contributed by atoms with van der Waals surface area (Å²) in [5.74, 6) is 7.70. The Morgan fingerprint density at radius 1 is 1.29 bits per heavy atom. The fourth-order valence-corrected chi connectivity index (χ4v) is 1.84. The van der Waals surface area contributed by atoms with E-state index >= 15 is 0 Å². The summed E-state index contributed by atoms with van der Waals surface area (Å²) in [7, 11) is 2.14. The lowest BCUT2D eigenvalue weighted by molar-refractivity contribution is 0.261. The number of nitrogens with one attached hydrogen (secondary N) is 2. The number of likely N-dealkylation sites (N-methyl/N-ethyl adjacent to an activating group) is 1. The normalized spacial score (nSPS) is 13.3. The minimum absolute atomic E-state index is 0.114. The number of hydrazine groups is 1. The van der Waals surface area contributed by atoms with Crippen LogP contribution >= 0.6 is 0 Å². The highest BCUT2D eigenvalue weighted by molar-refractivity contribution is 5.47. The third kappa shape index (κ3) is 5.47. The Bertz CT molecular complexity index is 440. The summed E-state index contributed by atoms with van der Waals surface area (Å²) in [6, 6.07) is 2.42. The minimum Gasteiger partial charge on any atom is -0.369 e. The third-order valence-electron chi connectivity index (χ3n) is 3.66. The second kappa shape index (κ2) is 7.56. The van der Waals surface area contributed by atoms with Crippen molar-refractivity contribution in [2.75, 3.05) is 30.9 Å². The first-order valence-corrected chi connectivity index (χ1v) is 7.58. The van der Waals surface area contributed by atoms with E-state index in [1.807, 2.05) is 6.07 Å². The van der Waals surface area contributed by atoms with Crippen LogP contribution < -0.4 is 16.6 Å². The molecular formula is C15H30N6. The fraction of sp³-hybridized carbons (Fsp3) is 0.733. The zero-order valence-corrected chi connectivity index (χ0v) is 14.2. The highest BCUT2D eigenvalue weighted by Crippen LogP contribution is 2.21. The van der Waals surface area contributed by atoms with Crippen molar-refractivity contribution in [1.29, 1.82) is 0 Å². The van der Waals surface area contributed by atoms with Crippen molar-refractivity contribution in [3.8, 4) is 0 Å². The molecule has 0 bridgehead atoms. The Morgan fingerprint density at radius 3 is 2.43 bits per heavy atom. The van der Waals surface area contributed by atoms with Crippen molar-refractivity contribution in [2.24, 2.45) is 5.84 Å². The number of hydrogen-bond acceptors (Lipinski definition) is 6. The molecule has 0 fully saturated rings. The maximum absolute atomic E-state index is 5.49. The van der Waals surface area contributed by atoms with Crippen LogP contribution in [0.15, 0.2) is 6.07 Å². The molecule has 0 saturated heterocycles. The highest BCUT2D eigenvalue weighted by atomic mass is 15.3. The molecule has 0 aliphatic heterocycles. The predicted octanol–water partition coefficient (Wildman–Crippen LogP) is 2.20. The number of nitrogen functional groups attached to an aromatic ring is 1. The van der Waals surface area contributed by atoms with Crippen molar-refractivity contribution in [3.05, 3.63) is 11.9 Å². The van der Waals surface area contributed by atoms with Crippen LogP contribution in [-0.4, -0.2) is 41.0 Å². The van der Waals surface area contributed by atoms with E-state index in [2.05, 4.69) is 67.3 Å². The van der Waals surface area contributed by atoms with Crippen LogP contribution in [0.3, 0.4) is 0 Å². The summed E-state index contributed by atoms with van der Waals surface area (Å²) in [6.45, 7) is 12.5. The van der Waals surface area contributed by atoms with Crippen LogP contribution in [0.5, 0.6) is 0 Å². The Kier molecular flexibility index (Phi) is 6.36. The molecule has 21 heavy (non-hydrogen) atoms. The molecule has 0 aliphatic carbocycles. The molecule has 0 amide bonds. The minimum atomic E-state index is -0.114. The van der Waals surface area contributed by atoms with E-state index in [-0.39, 0.29) is 5.41 Å². The lowest BCUT2D eigenvalue weighted by Gasteiger charge is -2.24. The Hall–Kier alpha value is -1.40. The van der Waals surface area contributed by atoms with Gasteiger partial charge in [-0.15, -0.1) is 0 Å². The first kappa shape index (κ1) is 17.7. The van der Waals surface area contributed by atoms with Crippen molar-refractivity contribution >= 4 is 11.6 Å². The summed E-state index contributed by atoms with van der Waals surface area (Å²) >= 11 is 0. The van der Waals surface area contributed by atoms with Crippen LogP contribution in [-0.2, 0) is 5.41 Å². The molecule has 1 rings (SSSR count). The van der Waals surface area contributed by atoms with Crippen molar-refractivity contribution in [2.45, 2.75) is 52.5 Å².